The molecular formula is C21H18ClN3O5. The van der Waals surface area contributed by atoms with Crippen LogP contribution in [-0.2, 0) is 6.54 Å². The van der Waals surface area contributed by atoms with Crippen LogP contribution in [0.25, 0.3) is 0 Å². The molecule has 3 aromatic rings. The summed E-state index contributed by atoms with van der Waals surface area (Å²) in [5, 5.41) is 13.7. The van der Waals surface area contributed by atoms with Gasteiger partial charge in [0, 0.05) is 30.9 Å². The zero-order valence-corrected chi connectivity index (χ0v) is 16.5. The Hall–Kier alpha value is -3.65. The van der Waals surface area contributed by atoms with Gasteiger partial charge >= 0.3 is 0 Å². The molecule has 0 saturated carbocycles. The molecule has 2 aromatic carbocycles. The Labute approximate surface area is 177 Å². The smallest absolute Gasteiger partial charge is 0.270 e. The second kappa shape index (κ2) is 10.2. The summed E-state index contributed by atoms with van der Waals surface area (Å²) in [5.74, 6) is 0.689. The van der Waals surface area contributed by atoms with Crippen LogP contribution in [0.15, 0.2) is 66.9 Å². The van der Waals surface area contributed by atoms with Gasteiger partial charge in [-0.15, -0.1) is 0 Å². The van der Waals surface area contributed by atoms with E-state index in [1.54, 1.807) is 18.3 Å². The third kappa shape index (κ3) is 5.92. The SMILES string of the molecule is O=C(NCc1ccc(OCCOc2ccccc2)nc1)c1cc([N+](=O)[O-])ccc1Cl. The number of non-ortho nitro benzene ring substituents is 1. The molecule has 0 saturated heterocycles. The monoisotopic (exact) mass is 427 g/mol. The van der Waals surface area contributed by atoms with Crippen molar-refractivity contribution in [2.24, 2.45) is 0 Å². The molecule has 0 aliphatic rings. The number of carbonyl (C=O) groups is 1. The van der Waals surface area contributed by atoms with Gasteiger partial charge < -0.3 is 14.8 Å². The molecule has 3 rings (SSSR count). The lowest BCUT2D eigenvalue weighted by molar-refractivity contribution is -0.384. The molecule has 0 bridgehead atoms. The molecule has 8 nitrogen and oxygen atoms in total. The summed E-state index contributed by atoms with van der Waals surface area (Å²) >= 11 is 5.98. The zero-order valence-electron chi connectivity index (χ0n) is 15.8. The number of carbonyl (C=O) groups excluding carboxylic acids is 1. The predicted octanol–water partition coefficient (Wildman–Crippen LogP) is 4.03. The minimum absolute atomic E-state index is 0.0391. The standard InChI is InChI=1S/C21H18ClN3O5/c22-19-8-7-16(25(27)28)12-18(19)21(26)24-14-15-6-9-20(23-13-15)30-11-10-29-17-4-2-1-3-5-17/h1-9,12-13H,10-11,14H2,(H,24,26). The first-order valence-corrected chi connectivity index (χ1v) is 9.38. The van der Waals surface area contributed by atoms with Crippen molar-refractivity contribution >= 4 is 23.2 Å². The zero-order chi connectivity index (χ0) is 21.3. The number of ether oxygens (including phenoxy) is 2. The number of pyridine rings is 1. The maximum absolute atomic E-state index is 12.3. The fraction of sp³-hybridized carbons (Fsp3) is 0.143. The number of nitrogens with zero attached hydrogens (tertiary/aromatic N) is 2. The number of amides is 1. The van der Waals surface area contributed by atoms with Gasteiger partial charge in [-0.1, -0.05) is 35.9 Å². The highest BCUT2D eigenvalue weighted by atomic mass is 35.5. The van der Waals surface area contributed by atoms with Crippen LogP contribution in [-0.4, -0.2) is 29.0 Å². The molecule has 1 aromatic heterocycles. The van der Waals surface area contributed by atoms with Gasteiger partial charge in [-0.25, -0.2) is 4.98 Å². The average Bonchev–Trinajstić information content (AvgIpc) is 2.76. The van der Waals surface area contributed by atoms with E-state index in [0.717, 1.165) is 17.4 Å². The van der Waals surface area contributed by atoms with Crippen molar-refractivity contribution in [3.8, 4) is 11.6 Å². The predicted molar refractivity (Wildman–Crippen MR) is 111 cm³/mol. The van der Waals surface area contributed by atoms with Crippen LogP contribution < -0.4 is 14.8 Å². The third-order valence-corrected chi connectivity index (χ3v) is 4.33. The maximum atomic E-state index is 12.3. The van der Waals surface area contributed by atoms with Crippen LogP contribution in [0.4, 0.5) is 5.69 Å². The van der Waals surface area contributed by atoms with Gasteiger partial charge in [-0.05, 0) is 23.8 Å². The molecule has 154 valence electrons. The van der Waals surface area contributed by atoms with Crippen LogP contribution in [0.1, 0.15) is 15.9 Å². The fourth-order valence-corrected chi connectivity index (χ4v) is 2.71. The molecule has 1 N–H and O–H groups in total. The van der Waals surface area contributed by atoms with Crippen LogP contribution in [0, 0.1) is 10.1 Å². The summed E-state index contributed by atoms with van der Waals surface area (Å²) in [6.45, 7) is 0.902. The summed E-state index contributed by atoms with van der Waals surface area (Å²) in [4.78, 5) is 26.8. The molecule has 1 heterocycles. The average molecular weight is 428 g/mol. The second-order valence-corrected chi connectivity index (χ2v) is 6.53. The van der Waals surface area contributed by atoms with Gasteiger partial charge in [-0.3, -0.25) is 14.9 Å². The van der Waals surface area contributed by atoms with Crippen molar-refractivity contribution in [3.63, 3.8) is 0 Å². The van der Waals surface area contributed by atoms with Crippen molar-refractivity contribution in [1.82, 2.24) is 10.3 Å². The van der Waals surface area contributed by atoms with Crippen molar-refractivity contribution in [2.75, 3.05) is 13.2 Å². The van der Waals surface area contributed by atoms with E-state index >= 15 is 0 Å². The first kappa shape index (κ1) is 21.1. The molecule has 0 fully saturated rings. The highest BCUT2D eigenvalue weighted by Gasteiger charge is 2.15. The highest BCUT2D eigenvalue weighted by molar-refractivity contribution is 6.33. The van der Waals surface area contributed by atoms with Gasteiger partial charge in [0.2, 0.25) is 5.88 Å². The molecule has 0 atom stereocenters. The molecule has 0 unspecified atom stereocenters. The minimum atomic E-state index is -0.583. The van der Waals surface area contributed by atoms with Gasteiger partial charge in [0.05, 0.1) is 15.5 Å². The summed E-state index contributed by atoms with van der Waals surface area (Å²) < 4.78 is 11.1. The number of para-hydroxylation sites is 1. The number of aromatic nitrogens is 1. The second-order valence-electron chi connectivity index (χ2n) is 6.12. The summed E-state index contributed by atoms with van der Waals surface area (Å²) in [7, 11) is 0. The van der Waals surface area contributed by atoms with Crippen molar-refractivity contribution in [3.05, 3.63) is 93.1 Å². The molecule has 0 spiro atoms. The Morgan fingerprint density at radius 3 is 2.53 bits per heavy atom. The normalized spacial score (nSPS) is 10.3. The van der Waals surface area contributed by atoms with E-state index in [1.807, 2.05) is 30.3 Å². The topological polar surface area (TPSA) is 104 Å². The molecule has 0 radical (unpaired) electrons. The number of hydrogen-bond acceptors (Lipinski definition) is 6. The lowest BCUT2D eigenvalue weighted by Gasteiger charge is -2.09. The van der Waals surface area contributed by atoms with E-state index in [4.69, 9.17) is 21.1 Å². The van der Waals surface area contributed by atoms with E-state index in [9.17, 15) is 14.9 Å². The van der Waals surface area contributed by atoms with Crippen molar-refractivity contribution in [1.29, 1.82) is 0 Å². The number of halogens is 1. The number of nitro benzene ring substituents is 1. The Morgan fingerprint density at radius 1 is 1.07 bits per heavy atom. The Bertz CT molecular complexity index is 1010. The number of rotatable bonds is 9. The van der Waals surface area contributed by atoms with Crippen LogP contribution >= 0.6 is 11.6 Å². The van der Waals surface area contributed by atoms with E-state index in [2.05, 4.69) is 10.3 Å². The van der Waals surface area contributed by atoms with E-state index < -0.39 is 10.8 Å². The lowest BCUT2D eigenvalue weighted by atomic mass is 10.2. The number of nitro groups is 1. The van der Waals surface area contributed by atoms with E-state index in [1.165, 1.54) is 12.1 Å². The van der Waals surface area contributed by atoms with Crippen molar-refractivity contribution in [2.45, 2.75) is 6.54 Å². The van der Waals surface area contributed by atoms with E-state index in [-0.39, 0.29) is 22.8 Å². The lowest BCUT2D eigenvalue weighted by Crippen LogP contribution is -2.23. The summed E-state index contributed by atoms with van der Waals surface area (Å²) in [6, 6.07) is 16.6. The highest BCUT2D eigenvalue weighted by Crippen LogP contribution is 2.22. The van der Waals surface area contributed by atoms with E-state index in [0.29, 0.717) is 19.1 Å². The number of hydrogen-bond donors (Lipinski definition) is 1. The fourth-order valence-electron chi connectivity index (χ4n) is 2.50. The summed E-state index contributed by atoms with van der Waals surface area (Å²) in [5.41, 5.74) is 0.568. The molecule has 9 heteroatoms. The van der Waals surface area contributed by atoms with Crippen LogP contribution in [0.3, 0.4) is 0 Å². The molecule has 1 amide bonds. The molecule has 0 aliphatic heterocycles. The number of benzene rings is 2. The Kier molecular flexibility index (Phi) is 7.18. The largest absolute Gasteiger partial charge is 0.490 e. The summed E-state index contributed by atoms with van der Waals surface area (Å²) in [6.07, 6.45) is 1.57. The van der Waals surface area contributed by atoms with Crippen molar-refractivity contribution < 1.29 is 19.2 Å². The Balaban J connectivity index is 1.47. The third-order valence-electron chi connectivity index (χ3n) is 4.00. The minimum Gasteiger partial charge on any atom is -0.490 e. The van der Waals surface area contributed by atoms with Crippen LogP contribution in [0.2, 0.25) is 5.02 Å². The van der Waals surface area contributed by atoms with Gasteiger partial charge in [0.15, 0.2) is 0 Å². The Morgan fingerprint density at radius 2 is 1.83 bits per heavy atom. The van der Waals surface area contributed by atoms with Crippen LogP contribution in [0.5, 0.6) is 11.6 Å². The van der Waals surface area contributed by atoms with Gasteiger partial charge in [0.1, 0.15) is 19.0 Å². The molecular weight excluding hydrogens is 410 g/mol. The number of nitrogens with one attached hydrogen (secondary N) is 1. The molecule has 30 heavy (non-hydrogen) atoms. The quantitative estimate of drug-likeness (QED) is 0.314. The first-order chi connectivity index (χ1) is 14.5. The van der Waals surface area contributed by atoms with Gasteiger partial charge in [0.25, 0.3) is 11.6 Å². The first-order valence-electron chi connectivity index (χ1n) is 9.00. The maximum Gasteiger partial charge on any atom is 0.270 e. The van der Waals surface area contributed by atoms with Gasteiger partial charge in [-0.2, -0.15) is 0 Å². The molecule has 0 aliphatic carbocycles.